The minimum atomic E-state index is -5.08. The molecule has 1 aromatic carbocycles. The van der Waals surface area contributed by atoms with E-state index in [2.05, 4.69) is 33.0 Å². The van der Waals surface area contributed by atoms with Gasteiger partial charge in [0.15, 0.2) is 5.65 Å². The Labute approximate surface area is 203 Å². The number of nitrogens with zero attached hydrogens (tertiary/aromatic N) is 3. The normalized spacial score (nSPS) is 18.0. The van der Waals surface area contributed by atoms with Crippen molar-refractivity contribution in [1.29, 1.82) is 0 Å². The van der Waals surface area contributed by atoms with Gasteiger partial charge < -0.3 is 21.1 Å². The standard InChI is InChI=1S/C20H24ClFN6.C2HF3O2/c1-2-23-13-3-5-14(6-4-13)25-18-12-20(28-19(27-18)9-10-24-28)26-15-7-8-17(22)16(21)11-15;3-2(4,5)1(6)7/h7-14,23,26H,2-6H2,1H3,(H,25,27);(H,6,7). The van der Waals surface area contributed by atoms with E-state index in [1.54, 1.807) is 22.8 Å². The highest BCUT2D eigenvalue weighted by atomic mass is 35.5. The second-order valence-corrected chi connectivity index (χ2v) is 8.34. The maximum Gasteiger partial charge on any atom is 0.490 e. The van der Waals surface area contributed by atoms with Crippen molar-refractivity contribution >= 4 is 40.5 Å². The van der Waals surface area contributed by atoms with E-state index in [-0.39, 0.29) is 5.02 Å². The topological polar surface area (TPSA) is 104 Å². The molecule has 1 aliphatic rings. The molecule has 0 saturated heterocycles. The van der Waals surface area contributed by atoms with Gasteiger partial charge in [-0.05, 0) is 50.4 Å². The van der Waals surface area contributed by atoms with Crippen LogP contribution in [0.15, 0.2) is 36.5 Å². The molecule has 0 bridgehead atoms. The summed E-state index contributed by atoms with van der Waals surface area (Å²) in [5.41, 5.74) is 1.42. The van der Waals surface area contributed by atoms with Crippen molar-refractivity contribution in [2.24, 2.45) is 0 Å². The number of rotatable bonds is 6. The average molecular weight is 517 g/mol. The van der Waals surface area contributed by atoms with Crippen molar-refractivity contribution in [3.8, 4) is 0 Å². The number of aromatic nitrogens is 3. The fourth-order valence-electron chi connectivity index (χ4n) is 3.74. The van der Waals surface area contributed by atoms with E-state index in [4.69, 9.17) is 21.5 Å². The van der Waals surface area contributed by atoms with Crippen LogP contribution >= 0.6 is 11.6 Å². The largest absolute Gasteiger partial charge is 0.490 e. The zero-order chi connectivity index (χ0) is 25.6. The number of halogens is 5. The van der Waals surface area contributed by atoms with Gasteiger partial charge >= 0.3 is 12.1 Å². The SMILES string of the molecule is CCNC1CCC(Nc2cc(Nc3ccc(F)c(Cl)c3)n3nccc3n2)CC1.O=C(O)C(F)(F)F. The van der Waals surface area contributed by atoms with Crippen LogP contribution in [-0.2, 0) is 4.79 Å². The highest BCUT2D eigenvalue weighted by Crippen LogP contribution is 2.26. The van der Waals surface area contributed by atoms with Crippen molar-refractivity contribution < 1.29 is 27.5 Å². The zero-order valence-corrected chi connectivity index (χ0v) is 19.5. The molecular formula is C22H25ClF4N6O2. The van der Waals surface area contributed by atoms with Crippen LogP contribution < -0.4 is 16.0 Å². The number of benzene rings is 1. The predicted octanol–water partition coefficient (Wildman–Crippen LogP) is 5.23. The van der Waals surface area contributed by atoms with E-state index >= 15 is 0 Å². The van der Waals surface area contributed by atoms with E-state index in [0.29, 0.717) is 17.8 Å². The van der Waals surface area contributed by atoms with Crippen molar-refractivity contribution in [2.45, 2.75) is 50.9 Å². The molecule has 190 valence electrons. The van der Waals surface area contributed by atoms with Crippen LogP contribution in [0.4, 0.5) is 34.9 Å². The lowest BCUT2D eigenvalue weighted by Gasteiger charge is -2.30. The fourth-order valence-corrected chi connectivity index (χ4v) is 3.92. The summed E-state index contributed by atoms with van der Waals surface area (Å²) in [6.07, 6.45) is 1.18. The molecule has 0 spiro atoms. The number of hydrogen-bond donors (Lipinski definition) is 4. The van der Waals surface area contributed by atoms with Gasteiger partial charge in [0, 0.05) is 29.9 Å². The Morgan fingerprint density at radius 2 is 1.83 bits per heavy atom. The molecule has 2 heterocycles. The fraction of sp³-hybridized carbons (Fsp3) is 0.409. The monoisotopic (exact) mass is 516 g/mol. The van der Waals surface area contributed by atoms with Gasteiger partial charge in [0.25, 0.3) is 0 Å². The van der Waals surface area contributed by atoms with Crippen molar-refractivity contribution in [1.82, 2.24) is 19.9 Å². The molecule has 0 unspecified atom stereocenters. The molecule has 1 saturated carbocycles. The summed E-state index contributed by atoms with van der Waals surface area (Å²) in [7, 11) is 0. The maximum absolute atomic E-state index is 13.4. The molecule has 0 aliphatic heterocycles. The van der Waals surface area contributed by atoms with E-state index < -0.39 is 18.0 Å². The molecule has 0 atom stereocenters. The first kappa shape index (κ1) is 26.5. The average Bonchev–Trinajstić information content (AvgIpc) is 3.27. The van der Waals surface area contributed by atoms with Crippen LogP contribution in [0, 0.1) is 5.82 Å². The molecule has 35 heavy (non-hydrogen) atoms. The summed E-state index contributed by atoms with van der Waals surface area (Å²) < 4.78 is 46.9. The second-order valence-electron chi connectivity index (χ2n) is 7.94. The summed E-state index contributed by atoms with van der Waals surface area (Å²) in [6, 6.07) is 9.35. The number of alkyl halides is 3. The summed E-state index contributed by atoms with van der Waals surface area (Å²) in [5.74, 6) is -1.66. The smallest absolute Gasteiger partial charge is 0.475 e. The first-order valence-corrected chi connectivity index (χ1v) is 11.3. The van der Waals surface area contributed by atoms with E-state index in [1.807, 2.05) is 12.1 Å². The minimum absolute atomic E-state index is 0.0755. The number of nitrogens with one attached hydrogen (secondary N) is 3. The van der Waals surface area contributed by atoms with Crippen LogP contribution in [-0.4, -0.2) is 50.5 Å². The first-order chi connectivity index (χ1) is 16.6. The predicted molar refractivity (Wildman–Crippen MR) is 125 cm³/mol. The molecule has 0 amide bonds. The highest BCUT2D eigenvalue weighted by Gasteiger charge is 2.38. The lowest BCUT2D eigenvalue weighted by atomic mass is 9.91. The summed E-state index contributed by atoms with van der Waals surface area (Å²) in [4.78, 5) is 13.6. The molecule has 2 aromatic heterocycles. The van der Waals surface area contributed by atoms with E-state index in [9.17, 15) is 17.6 Å². The molecule has 3 aromatic rings. The molecule has 4 N–H and O–H groups in total. The molecule has 0 radical (unpaired) electrons. The van der Waals surface area contributed by atoms with Crippen LogP contribution in [0.2, 0.25) is 5.02 Å². The molecular weight excluding hydrogens is 492 g/mol. The third kappa shape index (κ3) is 7.43. The number of carboxylic acid groups (broad SMARTS) is 1. The van der Waals surface area contributed by atoms with Crippen molar-refractivity contribution in [3.63, 3.8) is 0 Å². The number of carbonyl (C=O) groups is 1. The van der Waals surface area contributed by atoms with E-state index in [0.717, 1.165) is 36.7 Å². The Hall–Kier alpha value is -3.12. The summed E-state index contributed by atoms with van der Waals surface area (Å²) >= 11 is 5.90. The van der Waals surface area contributed by atoms with Gasteiger partial charge in [-0.2, -0.15) is 22.8 Å². The van der Waals surface area contributed by atoms with Gasteiger partial charge in [-0.3, -0.25) is 0 Å². The Balaban J connectivity index is 0.000000429. The number of aliphatic carboxylic acids is 1. The lowest BCUT2D eigenvalue weighted by molar-refractivity contribution is -0.192. The minimum Gasteiger partial charge on any atom is -0.475 e. The van der Waals surface area contributed by atoms with Gasteiger partial charge in [0.2, 0.25) is 0 Å². The van der Waals surface area contributed by atoms with Gasteiger partial charge in [0.1, 0.15) is 17.5 Å². The molecule has 1 aliphatic carbocycles. The third-order valence-corrected chi connectivity index (χ3v) is 5.66. The van der Waals surface area contributed by atoms with Gasteiger partial charge in [0.05, 0.1) is 11.2 Å². The van der Waals surface area contributed by atoms with E-state index in [1.165, 1.54) is 18.9 Å². The summed E-state index contributed by atoms with van der Waals surface area (Å²) in [6.45, 7) is 3.17. The molecule has 13 heteroatoms. The highest BCUT2D eigenvalue weighted by molar-refractivity contribution is 6.31. The quantitative estimate of drug-likeness (QED) is 0.333. The van der Waals surface area contributed by atoms with Crippen LogP contribution in [0.1, 0.15) is 32.6 Å². The van der Waals surface area contributed by atoms with Crippen LogP contribution in [0.25, 0.3) is 5.65 Å². The van der Waals surface area contributed by atoms with Crippen LogP contribution in [0.5, 0.6) is 0 Å². The Morgan fingerprint density at radius 1 is 1.17 bits per heavy atom. The Bertz CT molecular complexity index is 1150. The Kier molecular flexibility index (Phi) is 8.73. The molecule has 1 fully saturated rings. The number of carboxylic acids is 1. The van der Waals surface area contributed by atoms with Crippen molar-refractivity contribution in [2.75, 3.05) is 17.2 Å². The Morgan fingerprint density at radius 3 is 2.43 bits per heavy atom. The third-order valence-electron chi connectivity index (χ3n) is 5.37. The number of hydrogen-bond acceptors (Lipinski definition) is 6. The number of fused-ring (bicyclic) bond motifs is 1. The molecule has 8 nitrogen and oxygen atoms in total. The molecule has 4 rings (SSSR count). The van der Waals surface area contributed by atoms with Crippen LogP contribution in [0.3, 0.4) is 0 Å². The lowest BCUT2D eigenvalue weighted by Crippen LogP contribution is -2.36. The number of anilines is 3. The summed E-state index contributed by atoms with van der Waals surface area (Å²) in [5, 5.41) is 21.9. The maximum atomic E-state index is 13.4. The van der Waals surface area contributed by atoms with Crippen molar-refractivity contribution in [3.05, 3.63) is 47.4 Å². The zero-order valence-electron chi connectivity index (χ0n) is 18.7. The first-order valence-electron chi connectivity index (χ1n) is 10.9. The second kappa shape index (κ2) is 11.5. The van der Waals surface area contributed by atoms with Gasteiger partial charge in [-0.25, -0.2) is 14.2 Å². The van der Waals surface area contributed by atoms with Gasteiger partial charge in [-0.1, -0.05) is 18.5 Å². The van der Waals surface area contributed by atoms with Gasteiger partial charge in [-0.15, -0.1) is 0 Å².